The van der Waals surface area contributed by atoms with Crippen molar-refractivity contribution in [3.8, 4) is 5.88 Å². The van der Waals surface area contributed by atoms with Gasteiger partial charge in [0.15, 0.2) is 3.95 Å². The number of nitrogens with zero attached hydrogens (tertiary/aromatic N) is 3. The van der Waals surface area contributed by atoms with Crippen LogP contribution in [0.1, 0.15) is 10.4 Å². The number of pyridine rings is 1. The Bertz CT molecular complexity index is 740. The van der Waals surface area contributed by atoms with Crippen LogP contribution in [0, 0.1) is 3.95 Å². The van der Waals surface area contributed by atoms with E-state index in [1.165, 1.54) is 11.3 Å². The number of thiazole rings is 1. The van der Waals surface area contributed by atoms with Crippen LogP contribution in [0.4, 0.5) is 5.69 Å². The van der Waals surface area contributed by atoms with Crippen LogP contribution in [0.2, 0.25) is 0 Å². The predicted molar refractivity (Wildman–Crippen MR) is 76.0 cm³/mol. The minimum absolute atomic E-state index is 0.184. The van der Waals surface area contributed by atoms with Crippen LogP contribution in [0.15, 0.2) is 23.5 Å². The predicted octanol–water partition coefficient (Wildman–Crippen LogP) is 3.17. The van der Waals surface area contributed by atoms with E-state index in [4.69, 9.17) is 12.2 Å². The van der Waals surface area contributed by atoms with Crippen LogP contribution in [0.3, 0.4) is 0 Å². The molecule has 1 aliphatic heterocycles. The summed E-state index contributed by atoms with van der Waals surface area (Å²) in [4.78, 5) is 9.12. The Hall–Kier alpha value is -1.79. The number of rotatable bonds is 1. The van der Waals surface area contributed by atoms with E-state index in [1.807, 2.05) is 12.1 Å². The molecule has 0 saturated heterocycles. The lowest BCUT2D eigenvalue weighted by Gasteiger charge is -1.98. The van der Waals surface area contributed by atoms with Gasteiger partial charge >= 0.3 is 0 Å². The van der Waals surface area contributed by atoms with E-state index in [-0.39, 0.29) is 5.88 Å². The molecule has 0 spiro atoms. The lowest BCUT2D eigenvalue weighted by molar-refractivity contribution is 0.430. The second-order valence-electron chi connectivity index (χ2n) is 3.87. The minimum atomic E-state index is 0.184. The summed E-state index contributed by atoms with van der Waals surface area (Å²) in [5.74, 6) is 0.184. The Morgan fingerprint density at radius 1 is 1.50 bits per heavy atom. The minimum Gasteiger partial charge on any atom is -0.493 e. The molecule has 0 aliphatic carbocycles. The van der Waals surface area contributed by atoms with Crippen LogP contribution in [0.5, 0.6) is 5.88 Å². The standard InChI is InChI=1S/C12H9N3OS2/c1-15-11(16)10(18-12(15)17)4-7-5-14-9-2-3-13-6-8(7)9/h2-6,16H,1H3. The van der Waals surface area contributed by atoms with Crippen molar-refractivity contribution in [1.29, 1.82) is 0 Å². The van der Waals surface area contributed by atoms with E-state index in [2.05, 4.69) is 9.98 Å². The molecular weight excluding hydrogens is 266 g/mol. The number of aromatic nitrogens is 2. The van der Waals surface area contributed by atoms with Crippen molar-refractivity contribution in [1.82, 2.24) is 9.55 Å². The molecule has 0 saturated carbocycles. The summed E-state index contributed by atoms with van der Waals surface area (Å²) in [6, 6.07) is 1.86. The topological polar surface area (TPSA) is 50.4 Å². The molecule has 0 amide bonds. The quantitative estimate of drug-likeness (QED) is 0.813. The van der Waals surface area contributed by atoms with Gasteiger partial charge in [-0.05, 0) is 24.4 Å². The van der Waals surface area contributed by atoms with Crippen molar-refractivity contribution < 1.29 is 5.11 Å². The largest absolute Gasteiger partial charge is 0.493 e. The molecule has 90 valence electrons. The molecule has 2 aromatic heterocycles. The van der Waals surface area contributed by atoms with Gasteiger partial charge in [0.25, 0.3) is 0 Å². The summed E-state index contributed by atoms with van der Waals surface area (Å²) in [7, 11) is 1.74. The van der Waals surface area contributed by atoms with Crippen molar-refractivity contribution in [3.05, 3.63) is 32.9 Å². The maximum absolute atomic E-state index is 9.93. The van der Waals surface area contributed by atoms with Gasteiger partial charge in [-0.3, -0.25) is 14.5 Å². The summed E-state index contributed by atoms with van der Waals surface area (Å²) in [6.07, 6.45) is 7.14. The molecule has 0 radical (unpaired) electrons. The number of hydrogen-bond acceptors (Lipinski definition) is 5. The van der Waals surface area contributed by atoms with Gasteiger partial charge in [0, 0.05) is 36.8 Å². The first-order valence-corrected chi connectivity index (χ1v) is 6.48. The van der Waals surface area contributed by atoms with E-state index >= 15 is 0 Å². The number of aliphatic imine (C=N–C) groups is 1. The summed E-state index contributed by atoms with van der Waals surface area (Å²) in [5, 5.41) is 9.93. The molecule has 2 aromatic rings. The highest BCUT2D eigenvalue weighted by Crippen LogP contribution is 2.34. The molecular formula is C12H9N3OS2. The third kappa shape index (κ3) is 1.70. The van der Waals surface area contributed by atoms with Crippen molar-refractivity contribution >= 4 is 47.1 Å². The van der Waals surface area contributed by atoms with Crippen LogP contribution in [-0.2, 0) is 7.05 Å². The van der Waals surface area contributed by atoms with E-state index in [9.17, 15) is 5.11 Å². The van der Waals surface area contributed by atoms with Crippen molar-refractivity contribution in [3.63, 3.8) is 0 Å². The monoisotopic (exact) mass is 275 g/mol. The fourth-order valence-corrected chi connectivity index (χ4v) is 2.92. The van der Waals surface area contributed by atoms with E-state index in [0.717, 1.165) is 21.7 Å². The number of allylic oxidation sites excluding steroid dienone is 1. The maximum atomic E-state index is 9.93. The normalized spacial score (nSPS) is 15.3. The van der Waals surface area contributed by atoms with Gasteiger partial charge in [-0.1, -0.05) is 0 Å². The summed E-state index contributed by atoms with van der Waals surface area (Å²) in [6.45, 7) is 0. The zero-order chi connectivity index (χ0) is 12.7. The highest BCUT2D eigenvalue weighted by Gasteiger charge is 2.14. The summed E-state index contributed by atoms with van der Waals surface area (Å²) < 4.78 is 2.23. The third-order valence-electron chi connectivity index (χ3n) is 2.75. The van der Waals surface area contributed by atoms with Crippen LogP contribution < -0.4 is 0 Å². The number of fused-ring (bicyclic) bond motifs is 1. The average Bonchev–Trinajstić information content (AvgIpc) is 2.89. The van der Waals surface area contributed by atoms with Crippen LogP contribution in [0.25, 0.3) is 11.6 Å². The highest BCUT2D eigenvalue weighted by atomic mass is 32.1. The Balaban J connectivity index is 2.12. The third-order valence-corrected chi connectivity index (χ3v) is 4.24. The molecule has 1 aliphatic rings. The maximum Gasteiger partial charge on any atom is 0.210 e. The van der Waals surface area contributed by atoms with Crippen molar-refractivity contribution in [2.45, 2.75) is 0 Å². The molecule has 0 unspecified atom stereocenters. The van der Waals surface area contributed by atoms with Crippen LogP contribution >= 0.6 is 23.6 Å². The zero-order valence-electron chi connectivity index (χ0n) is 9.49. The first-order valence-electron chi connectivity index (χ1n) is 5.26. The van der Waals surface area contributed by atoms with Crippen LogP contribution in [-0.4, -0.2) is 20.9 Å². The molecule has 3 heterocycles. The average molecular weight is 275 g/mol. The van der Waals surface area contributed by atoms with Gasteiger partial charge < -0.3 is 5.11 Å². The highest BCUT2D eigenvalue weighted by molar-refractivity contribution is 7.73. The Labute approximate surface area is 113 Å². The lowest BCUT2D eigenvalue weighted by Crippen LogP contribution is -1.85. The molecule has 18 heavy (non-hydrogen) atoms. The van der Waals surface area contributed by atoms with Gasteiger partial charge in [0.1, 0.15) is 0 Å². The van der Waals surface area contributed by atoms with Gasteiger partial charge in [-0.25, -0.2) is 0 Å². The Kier molecular flexibility index (Phi) is 2.61. The van der Waals surface area contributed by atoms with E-state index in [1.54, 1.807) is 30.2 Å². The number of hydrogen-bond donors (Lipinski definition) is 1. The molecule has 3 rings (SSSR count). The first kappa shape index (κ1) is 11.3. The molecule has 6 heteroatoms. The summed E-state index contributed by atoms with van der Waals surface area (Å²) >= 11 is 6.50. The Morgan fingerprint density at radius 3 is 3.06 bits per heavy atom. The molecule has 0 atom stereocenters. The fraction of sp³-hybridized carbons (Fsp3) is 0.0833. The smallest absolute Gasteiger partial charge is 0.210 e. The van der Waals surface area contributed by atoms with Crippen molar-refractivity contribution in [2.24, 2.45) is 12.0 Å². The molecule has 0 bridgehead atoms. The summed E-state index contributed by atoms with van der Waals surface area (Å²) in [5.41, 5.74) is 2.80. The number of aromatic hydroxyl groups is 1. The van der Waals surface area contributed by atoms with E-state index in [0.29, 0.717) is 3.95 Å². The lowest BCUT2D eigenvalue weighted by atomic mass is 10.1. The molecule has 4 nitrogen and oxygen atoms in total. The van der Waals surface area contributed by atoms with E-state index < -0.39 is 0 Å². The van der Waals surface area contributed by atoms with Gasteiger partial charge in [0.2, 0.25) is 5.88 Å². The molecule has 0 fully saturated rings. The SMILES string of the molecule is Cn1c(O)c(C=C2C=Nc3ccncc32)sc1=S. The first-order chi connectivity index (χ1) is 8.66. The zero-order valence-corrected chi connectivity index (χ0v) is 11.1. The Morgan fingerprint density at radius 2 is 2.33 bits per heavy atom. The van der Waals surface area contributed by atoms with Gasteiger partial charge in [-0.15, -0.1) is 11.3 Å². The molecule has 1 N–H and O–H groups in total. The second kappa shape index (κ2) is 4.15. The second-order valence-corrected chi connectivity index (χ2v) is 5.54. The fourth-order valence-electron chi connectivity index (χ4n) is 1.74. The van der Waals surface area contributed by atoms with Gasteiger partial charge in [0.05, 0.1) is 10.6 Å². The van der Waals surface area contributed by atoms with Gasteiger partial charge in [-0.2, -0.15) is 0 Å². The molecule has 0 aromatic carbocycles. The van der Waals surface area contributed by atoms with Crippen molar-refractivity contribution in [2.75, 3.05) is 0 Å².